The monoisotopic (exact) mass is 286 g/mol. The molecule has 0 radical (unpaired) electrons. The number of methoxy groups -OCH3 is 2. The van der Waals surface area contributed by atoms with Crippen molar-refractivity contribution in [3.63, 3.8) is 0 Å². The molecule has 0 unspecified atom stereocenters. The Hall–Kier alpha value is -2.07. The summed E-state index contributed by atoms with van der Waals surface area (Å²) in [4.78, 5) is 4.16. The zero-order valence-corrected chi connectivity index (χ0v) is 13.0. The van der Waals surface area contributed by atoms with Crippen molar-refractivity contribution < 1.29 is 9.47 Å². The summed E-state index contributed by atoms with van der Waals surface area (Å²) < 4.78 is 10.5. The summed E-state index contributed by atoms with van der Waals surface area (Å²) in [6.07, 6.45) is 1.76. The summed E-state index contributed by atoms with van der Waals surface area (Å²) in [5, 5.41) is 3.45. The average molecular weight is 286 g/mol. The Labute approximate surface area is 126 Å². The SMILES string of the molecule is COc1ccc(-c2ccnc(OC)c2)c(CNC(C)C)c1. The van der Waals surface area contributed by atoms with Crippen LogP contribution in [0.15, 0.2) is 36.5 Å². The van der Waals surface area contributed by atoms with Crippen molar-refractivity contribution in [2.24, 2.45) is 0 Å². The standard InChI is InChI=1S/C17H22N2O2/c1-12(2)19-11-14-9-15(20-3)5-6-16(14)13-7-8-18-17(10-13)21-4/h5-10,12,19H,11H2,1-4H3. The van der Waals surface area contributed by atoms with Gasteiger partial charge in [-0.05, 0) is 34.9 Å². The highest BCUT2D eigenvalue weighted by molar-refractivity contribution is 5.69. The van der Waals surface area contributed by atoms with Crippen LogP contribution in [0.1, 0.15) is 19.4 Å². The number of hydrogen-bond donors (Lipinski definition) is 1. The molecule has 0 fully saturated rings. The minimum atomic E-state index is 0.427. The summed E-state index contributed by atoms with van der Waals surface area (Å²) in [5.41, 5.74) is 3.44. The first-order chi connectivity index (χ1) is 10.1. The normalized spacial score (nSPS) is 10.7. The molecule has 2 aromatic rings. The molecule has 0 atom stereocenters. The van der Waals surface area contributed by atoms with Crippen LogP contribution in [-0.2, 0) is 6.54 Å². The van der Waals surface area contributed by atoms with Crippen molar-refractivity contribution in [2.45, 2.75) is 26.4 Å². The number of benzene rings is 1. The van der Waals surface area contributed by atoms with E-state index in [9.17, 15) is 0 Å². The lowest BCUT2D eigenvalue weighted by atomic mass is 10.00. The lowest BCUT2D eigenvalue weighted by Gasteiger charge is -2.14. The molecule has 2 rings (SSSR count). The average Bonchev–Trinajstić information content (AvgIpc) is 2.52. The van der Waals surface area contributed by atoms with Gasteiger partial charge in [-0.1, -0.05) is 19.9 Å². The van der Waals surface area contributed by atoms with Gasteiger partial charge in [0.2, 0.25) is 5.88 Å². The minimum Gasteiger partial charge on any atom is -0.497 e. The van der Waals surface area contributed by atoms with Gasteiger partial charge < -0.3 is 14.8 Å². The molecular formula is C17H22N2O2. The Morgan fingerprint density at radius 2 is 1.90 bits per heavy atom. The van der Waals surface area contributed by atoms with Crippen molar-refractivity contribution in [1.82, 2.24) is 10.3 Å². The maximum Gasteiger partial charge on any atom is 0.213 e. The number of ether oxygens (including phenoxy) is 2. The topological polar surface area (TPSA) is 43.4 Å². The molecule has 0 saturated carbocycles. The first-order valence-corrected chi connectivity index (χ1v) is 7.04. The van der Waals surface area contributed by atoms with Crippen molar-refractivity contribution in [1.29, 1.82) is 0 Å². The second-order valence-corrected chi connectivity index (χ2v) is 5.15. The van der Waals surface area contributed by atoms with Gasteiger partial charge in [-0.3, -0.25) is 0 Å². The van der Waals surface area contributed by atoms with Crippen LogP contribution in [0.2, 0.25) is 0 Å². The zero-order chi connectivity index (χ0) is 15.2. The van der Waals surface area contributed by atoms with Crippen LogP contribution >= 0.6 is 0 Å². The van der Waals surface area contributed by atoms with Crippen LogP contribution in [0.25, 0.3) is 11.1 Å². The van der Waals surface area contributed by atoms with Crippen LogP contribution in [0.3, 0.4) is 0 Å². The Balaban J connectivity index is 2.40. The second kappa shape index (κ2) is 7.09. The number of nitrogens with one attached hydrogen (secondary N) is 1. The molecular weight excluding hydrogens is 264 g/mol. The Morgan fingerprint density at radius 3 is 2.57 bits per heavy atom. The van der Waals surface area contributed by atoms with Gasteiger partial charge in [0.1, 0.15) is 5.75 Å². The molecule has 0 aliphatic heterocycles. The molecule has 0 bridgehead atoms. The molecule has 112 valence electrons. The lowest BCUT2D eigenvalue weighted by molar-refractivity contribution is 0.398. The third kappa shape index (κ3) is 3.95. The summed E-state index contributed by atoms with van der Waals surface area (Å²) in [6.45, 7) is 5.06. The maximum atomic E-state index is 5.33. The van der Waals surface area contributed by atoms with Gasteiger partial charge in [0.15, 0.2) is 0 Å². The summed E-state index contributed by atoms with van der Waals surface area (Å²) in [6, 6.07) is 10.5. The Kier molecular flexibility index (Phi) is 5.17. The van der Waals surface area contributed by atoms with Gasteiger partial charge in [0.05, 0.1) is 14.2 Å². The molecule has 1 N–H and O–H groups in total. The quantitative estimate of drug-likeness (QED) is 0.885. The first kappa shape index (κ1) is 15.3. The Morgan fingerprint density at radius 1 is 1.10 bits per heavy atom. The van der Waals surface area contributed by atoms with Crippen molar-refractivity contribution in [3.05, 3.63) is 42.1 Å². The van der Waals surface area contributed by atoms with Crippen molar-refractivity contribution >= 4 is 0 Å². The highest BCUT2D eigenvalue weighted by Gasteiger charge is 2.09. The summed E-state index contributed by atoms with van der Waals surface area (Å²) in [7, 11) is 3.31. The molecule has 4 nitrogen and oxygen atoms in total. The maximum absolute atomic E-state index is 5.33. The van der Waals surface area contributed by atoms with Crippen molar-refractivity contribution in [3.8, 4) is 22.8 Å². The van der Waals surface area contributed by atoms with Gasteiger partial charge in [0, 0.05) is 24.8 Å². The van der Waals surface area contributed by atoms with E-state index in [4.69, 9.17) is 9.47 Å². The number of aromatic nitrogens is 1. The first-order valence-electron chi connectivity index (χ1n) is 7.04. The van der Waals surface area contributed by atoms with Crippen molar-refractivity contribution in [2.75, 3.05) is 14.2 Å². The second-order valence-electron chi connectivity index (χ2n) is 5.15. The zero-order valence-electron chi connectivity index (χ0n) is 13.0. The summed E-state index contributed by atoms with van der Waals surface area (Å²) in [5.74, 6) is 1.48. The third-order valence-electron chi connectivity index (χ3n) is 3.27. The molecule has 1 aromatic heterocycles. The molecule has 0 spiro atoms. The molecule has 4 heteroatoms. The number of pyridine rings is 1. The molecule has 21 heavy (non-hydrogen) atoms. The van der Waals surface area contributed by atoms with E-state index in [1.54, 1.807) is 20.4 Å². The highest BCUT2D eigenvalue weighted by Crippen LogP contribution is 2.29. The van der Waals surface area contributed by atoms with E-state index in [1.807, 2.05) is 18.2 Å². The van der Waals surface area contributed by atoms with E-state index >= 15 is 0 Å². The van der Waals surface area contributed by atoms with E-state index in [0.29, 0.717) is 11.9 Å². The smallest absolute Gasteiger partial charge is 0.213 e. The number of nitrogens with zero attached hydrogens (tertiary/aromatic N) is 1. The van der Waals surface area contributed by atoms with E-state index < -0.39 is 0 Å². The van der Waals surface area contributed by atoms with Crippen LogP contribution in [-0.4, -0.2) is 25.2 Å². The molecule has 0 amide bonds. The molecule has 1 aromatic carbocycles. The van der Waals surface area contributed by atoms with E-state index in [0.717, 1.165) is 23.4 Å². The fraction of sp³-hybridized carbons (Fsp3) is 0.353. The molecule has 1 heterocycles. The fourth-order valence-electron chi connectivity index (χ4n) is 2.13. The van der Waals surface area contributed by atoms with Crippen LogP contribution in [0, 0.1) is 0 Å². The number of rotatable bonds is 6. The third-order valence-corrected chi connectivity index (χ3v) is 3.27. The summed E-state index contributed by atoms with van der Waals surface area (Å²) >= 11 is 0. The van der Waals surface area contributed by atoms with Gasteiger partial charge >= 0.3 is 0 Å². The fourth-order valence-corrected chi connectivity index (χ4v) is 2.13. The van der Waals surface area contributed by atoms with Crippen LogP contribution in [0.4, 0.5) is 0 Å². The molecule has 0 aliphatic rings. The Bertz CT molecular complexity index is 597. The van der Waals surface area contributed by atoms with Crippen LogP contribution < -0.4 is 14.8 Å². The van der Waals surface area contributed by atoms with Gasteiger partial charge in [-0.15, -0.1) is 0 Å². The van der Waals surface area contributed by atoms with Crippen LogP contribution in [0.5, 0.6) is 11.6 Å². The predicted molar refractivity (Wildman–Crippen MR) is 84.8 cm³/mol. The molecule has 0 aliphatic carbocycles. The highest BCUT2D eigenvalue weighted by atomic mass is 16.5. The van der Waals surface area contributed by atoms with E-state index in [-0.39, 0.29) is 0 Å². The minimum absolute atomic E-state index is 0.427. The van der Waals surface area contributed by atoms with Gasteiger partial charge in [-0.25, -0.2) is 4.98 Å². The van der Waals surface area contributed by atoms with Gasteiger partial charge in [-0.2, -0.15) is 0 Å². The number of hydrogen-bond acceptors (Lipinski definition) is 4. The van der Waals surface area contributed by atoms with Gasteiger partial charge in [0.25, 0.3) is 0 Å². The van der Waals surface area contributed by atoms with E-state index in [1.165, 1.54) is 5.56 Å². The molecule has 0 saturated heterocycles. The largest absolute Gasteiger partial charge is 0.497 e. The predicted octanol–water partition coefficient (Wildman–Crippen LogP) is 3.26. The lowest BCUT2D eigenvalue weighted by Crippen LogP contribution is -2.22. The van der Waals surface area contributed by atoms with E-state index in [2.05, 4.69) is 36.3 Å².